The van der Waals surface area contributed by atoms with E-state index in [9.17, 15) is 14.4 Å². The maximum atomic E-state index is 12.5. The molecular formula is C13H23N3O4. The molecule has 0 saturated heterocycles. The van der Waals surface area contributed by atoms with E-state index in [0.29, 0.717) is 12.8 Å². The zero-order chi connectivity index (χ0) is 15.3. The average Bonchev–Trinajstić information content (AvgIpc) is 2.37. The van der Waals surface area contributed by atoms with Crippen LogP contribution in [0.15, 0.2) is 0 Å². The lowest BCUT2D eigenvalue weighted by Crippen LogP contribution is -2.62. The molecule has 7 heteroatoms. The minimum absolute atomic E-state index is 0.409. The van der Waals surface area contributed by atoms with Crippen LogP contribution in [-0.4, -0.2) is 40.4 Å². The highest BCUT2D eigenvalue weighted by molar-refractivity contribution is 5.98. The number of amides is 1. The van der Waals surface area contributed by atoms with Crippen molar-refractivity contribution in [2.24, 2.45) is 11.5 Å². The smallest absolute Gasteiger partial charge is 0.305 e. The van der Waals surface area contributed by atoms with Crippen LogP contribution in [0.2, 0.25) is 0 Å². The molecule has 1 aliphatic rings. The fourth-order valence-electron chi connectivity index (χ4n) is 2.57. The molecule has 7 nitrogen and oxygen atoms in total. The van der Waals surface area contributed by atoms with Gasteiger partial charge in [0, 0.05) is 0 Å². The number of nitrogens with one attached hydrogen (secondary N) is 1. The van der Waals surface area contributed by atoms with Gasteiger partial charge in [-0.05, 0) is 19.8 Å². The molecule has 1 rings (SSSR count). The molecule has 114 valence electrons. The highest BCUT2D eigenvalue weighted by Crippen LogP contribution is 2.30. The van der Waals surface area contributed by atoms with E-state index in [2.05, 4.69) is 5.32 Å². The second-order valence-corrected chi connectivity index (χ2v) is 5.49. The second kappa shape index (κ2) is 6.81. The number of nitrogens with two attached hydrogens (primary N) is 2. The number of carbonyl (C=O) groups is 3. The third kappa shape index (κ3) is 4.01. The van der Waals surface area contributed by atoms with Crippen molar-refractivity contribution in [1.29, 1.82) is 0 Å². The van der Waals surface area contributed by atoms with E-state index >= 15 is 0 Å². The Kier molecular flexibility index (Phi) is 5.64. The van der Waals surface area contributed by atoms with Crippen molar-refractivity contribution in [2.75, 3.05) is 0 Å². The summed E-state index contributed by atoms with van der Waals surface area (Å²) in [6.45, 7) is 1.54. The minimum atomic E-state index is -1.13. The summed E-state index contributed by atoms with van der Waals surface area (Å²) in [4.78, 5) is 35.0. The number of carbonyl (C=O) groups excluding carboxylic acids is 2. The van der Waals surface area contributed by atoms with E-state index in [1.54, 1.807) is 0 Å². The van der Waals surface area contributed by atoms with Crippen molar-refractivity contribution < 1.29 is 19.5 Å². The van der Waals surface area contributed by atoms with Gasteiger partial charge in [-0.3, -0.25) is 14.4 Å². The van der Waals surface area contributed by atoms with E-state index < -0.39 is 41.7 Å². The Balaban J connectivity index is 2.89. The third-order valence-corrected chi connectivity index (χ3v) is 3.69. The maximum Gasteiger partial charge on any atom is 0.305 e. The standard InChI is InChI=1S/C13H23N3O4/c1-8(14)12(20)16-13(5-3-2-4-6-13)11(19)9(15)7-10(17)18/h8-9H,2-7,14-15H2,1H3,(H,16,20)(H,17,18)/t8-,9-/m0/s1. The van der Waals surface area contributed by atoms with Crippen molar-refractivity contribution >= 4 is 17.7 Å². The summed E-state index contributed by atoms with van der Waals surface area (Å²) in [6, 6.07) is -1.84. The number of carboxylic acid groups (broad SMARTS) is 1. The lowest BCUT2D eigenvalue weighted by molar-refractivity contribution is -0.141. The van der Waals surface area contributed by atoms with Crippen LogP contribution in [0.25, 0.3) is 0 Å². The van der Waals surface area contributed by atoms with Crippen molar-refractivity contribution in [1.82, 2.24) is 5.32 Å². The Labute approximate surface area is 118 Å². The van der Waals surface area contributed by atoms with E-state index in [1.807, 2.05) is 0 Å². The van der Waals surface area contributed by atoms with Gasteiger partial charge in [0.2, 0.25) is 5.91 Å². The molecule has 20 heavy (non-hydrogen) atoms. The van der Waals surface area contributed by atoms with Gasteiger partial charge in [-0.25, -0.2) is 0 Å². The highest BCUT2D eigenvalue weighted by atomic mass is 16.4. The van der Waals surface area contributed by atoms with Crippen LogP contribution in [0, 0.1) is 0 Å². The van der Waals surface area contributed by atoms with E-state index in [1.165, 1.54) is 6.92 Å². The summed E-state index contributed by atoms with van der Waals surface area (Å²) in [5.74, 6) is -1.95. The van der Waals surface area contributed by atoms with Crippen LogP contribution in [0.5, 0.6) is 0 Å². The number of Topliss-reactive ketones (excluding diaryl/α,β-unsaturated/α-hetero) is 1. The summed E-state index contributed by atoms with van der Waals surface area (Å²) >= 11 is 0. The summed E-state index contributed by atoms with van der Waals surface area (Å²) in [5, 5.41) is 11.4. The number of hydrogen-bond donors (Lipinski definition) is 4. The highest BCUT2D eigenvalue weighted by Gasteiger charge is 2.43. The molecule has 1 aliphatic carbocycles. The number of rotatable bonds is 6. The summed E-state index contributed by atoms with van der Waals surface area (Å²) < 4.78 is 0. The van der Waals surface area contributed by atoms with Gasteiger partial charge in [0.05, 0.1) is 18.5 Å². The molecule has 6 N–H and O–H groups in total. The predicted octanol–water partition coefficient (Wildman–Crippen LogP) is -0.476. The Morgan fingerprint density at radius 3 is 2.20 bits per heavy atom. The van der Waals surface area contributed by atoms with Gasteiger partial charge in [-0.2, -0.15) is 0 Å². The summed E-state index contributed by atoms with van der Waals surface area (Å²) in [7, 11) is 0. The van der Waals surface area contributed by atoms with Crippen LogP contribution < -0.4 is 16.8 Å². The fraction of sp³-hybridized carbons (Fsp3) is 0.769. The molecule has 0 heterocycles. The second-order valence-electron chi connectivity index (χ2n) is 5.49. The summed E-state index contributed by atoms with van der Waals surface area (Å²) in [5.41, 5.74) is 10.1. The molecule has 1 fully saturated rings. The summed E-state index contributed by atoms with van der Waals surface area (Å²) in [6.07, 6.45) is 3.11. The normalized spacial score (nSPS) is 20.8. The molecule has 0 aromatic carbocycles. The third-order valence-electron chi connectivity index (χ3n) is 3.69. The maximum absolute atomic E-state index is 12.5. The Bertz CT molecular complexity index is 389. The van der Waals surface area contributed by atoms with Gasteiger partial charge in [0.1, 0.15) is 5.54 Å². The molecule has 1 saturated carbocycles. The lowest BCUT2D eigenvalue weighted by atomic mass is 9.76. The van der Waals surface area contributed by atoms with Gasteiger partial charge in [-0.15, -0.1) is 0 Å². The molecule has 2 atom stereocenters. The molecule has 0 aliphatic heterocycles. The van der Waals surface area contributed by atoms with Gasteiger partial charge >= 0.3 is 5.97 Å². The number of aliphatic carboxylic acids is 1. The molecule has 0 aromatic heterocycles. The SMILES string of the molecule is C[C@H](N)C(=O)NC1(C(=O)[C@@H](N)CC(=O)O)CCCCC1. The van der Waals surface area contributed by atoms with Gasteiger partial charge in [0.25, 0.3) is 0 Å². The first-order valence-electron chi connectivity index (χ1n) is 6.88. The molecule has 1 amide bonds. The van der Waals surface area contributed by atoms with Crippen LogP contribution in [0.4, 0.5) is 0 Å². The minimum Gasteiger partial charge on any atom is -0.481 e. The molecule has 0 aromatic rings. The molecule has 0 unspecified atom stereocenters. The van der Waals surface area contributed by atoms with Crippen molar-refractivity contribution in [3.8, 4) is 0 Å². The van der Waals surface area contributed by atoms with E-state index in [-0.39, 0.29) is 0 Å². The van der Waals surface area contributed by atoms with Crippen molar-refractivity contribution in [2.45, 2.75) is 63.1 Å². The first-order chi connectivity index (χ1) is 9.28. The number of ketones is 1. The first-order valence-corrected chi connectivity index (χ1v) is 6.88. The Morgan fingerprint density at radius 1 is 1.20 bits per heavy atom. The zero-order valence-corrected chi connectivity index (χ0v) is 11.7. The van der Waals surface area contributed by atoms with Crippen molar-refractivity contribution in [3.63, 3.8) is 0 Å². The van der Waals surface area contributed by atoms with Crippen molar-refractivity contribution in [3.05, 3.63) is 0 Å². The molecule has 0 spiro atoms. The monoisotopic (exact) mass is 285 g/mol. The van der Waals surface area contributed by atoms with Gasteiger partial charge < -0.3 is 21.9 Å². The van der Waals surface area contributed by atoms with Crippen LogP contribution in [-0.2, 0) is 14.4 Å². The quantitative estimate of drug-likeness (QED) is 0.520. The molecule has 0 bridgehead atoms. The zero-order valence-electron chi connectivity index (χ0n) is 11.7. The molecular weight excluding hydrogens is 262 g/mol. The fourth-order valence-corrected chi connectivity index (χ4v) is 2.57. The van der Waals surface area contributed by atoms with Gasteiger partial charge in [0.15, 0.2) is 5.78 Å². The topological polar surface area (TPSA) is 136 Å². The lowest BCUT2D eigenvalue weighted by Gasteiger charge is -2.38. The largest absolute Gasteiger partial charge is 0.481 e. The van der Waals surface area contributed by atoms with Crippen LogP contribution in [0.1, 0.15) is 45.4 Å². The van der Waals surface area contributed by atoms with E-state index in [4.69, 9.17) is 16.6 Å². The first kappa shape index (κ1) is 16.6. The van der Waals surface area contributed by atoms with Gasteiger partial charge in [-0.1, -0.05) is 19.3 Å². The van der Waals surface area contributed by atoms with E-state index in [0.717, 1.165) is 19.3 Å². The molecule has 0 radical (unpaired) electrons. The number of carboxylic acids is 1. The Hall–Kier alpha value is -1.47. The predicted molar refractivity (Wildman–Crippen MR) is 72.8 cm³/mol. The van der Waals surface area contributed by atoms with Crippen LogP contribution in [0.3, 0.4) is 0 Å². The average molecular weight is 285 g/mol. The Morgan fingerprint density at radius 2 is 1.75 bits per heavy atom. The number of hydrogen-bond acceptors (Lipinski definition) is 5. The van der Waals surface area contributed by atoms with Crippen LogP contribution >= 0.6 is 0 Å².